The predicted octanol–water partition coefficient (Wildman–Crippen LogP) is 1.84. The van der Waals surface area contributed by atoms with Crippen LogP contribution in [-0.2, 0) is 4.79 Å². The summed E-state index contributed by atoms with van der Waals surface area (Å²) in [5.74, 6) is 0.134. The third kappa shape index (κ3) is 3.84. The molecular formula is C12H19ClN4O. The summed E-state index contributed by atoms with van der Waals surface area (Å²) in [7, 11) is 0. The normalized spacial score (nSPS) is 10.4. The standard InChI is InChI=1S/C12H19ClN4O/c1-4-5-6-17(7-10(14)18)12-11(13)15-8(2)9(3)16-12/h4-7H2,1-3H3,(H2,14,18). The minimum atomic E-state index is -0.401. The van der Waals surface area contributed by atoms with Crippen LogP contribution >= 0.6 is 11.6 Å². The maximum Gasteiger partial charge on any atom is 0.237 e. The highest BCUT2D eigenvalue weighted by Gasteiger charge is 2.16. The van der Waals surface area contributed by atoms with Crippen molar-refractivity contribution < 1.29 is 4.79 Å². The topological polar surface area (TPSA) is 72.1 Å². The van der Waals surface area contributed by atoms with E-state index in [0.29, 0.717) is 17.5 Å². The fourth-order valence-electron chi connectivity index (χ4n) is 1.56. The van der Waals surface area contributed by atoms with Crippen LogP contribution in [0.5, 0.6) is 0 Å². The molecule has 1 heterocycles. The van der Waals surface area contributed by atoms with E-state index in [9.17, 15) is 4.79 Å². The minimum absolute atomic E-state index is 0.108. The second kappa shape index (κ2) is 6.54. The van der Waals surface area contributed by atoms with Gasteiger partial charge in [0.2, 0.25) is 5.91 Å². The molecule has 0 fully saturated rings. The summed E-state index contributed by atoms with van der Waals surface area (Å²) < 4.78 is 0. The van der Waals surface area contributed by atoms with Gasteiger partial charge in [-0.05, 0) is 20.3 Å². The first-order chi connectivity index (χ1) is 8.45. The number of anilines is 1. The fourth-order valence-corrected chi connectivity index (χ4v) is 1.85. The number of carbonyl (C=O) groups excluding carboxylic acids is 1. The van der Waals surface area contributed by atoms with Gasteiger partial charge in [0.15, 0.2) is 11.0 Å². The van der Waals surface area contributed by atoms with Gasteiger partial charge in [0.05, 0.1) is 17.9 Å². The lowest BCUT2D eigenvalue weighted by molar-refractivity contribution is -0.116. The molecule has 1 amide bonds. The van der Waals surface area contributed by atoms with E-state index in [1.807, 2.05) is 13.8 Å². The molecule has 0 aromatic carbocycles. The highest BCUT2D eigenvalue weighted by atomic mass is 35.5. The van der Waals surface area contributed by atoms with Gasteiger partial charge in [0, 0.05) is 6.54 Å². The number of carbonyl (C=O) groups is 1. The van der Waals surface area contributed by atoms with Gasteiger partial charge >= 0.3 is 0 Å². The molecule has 0 unspecified atom stereocenters. The second-order valence-corrected chi connectivity index (χ2v) is 4.61. The quantitative estimate of drug-likeness (QED) is 0.856. The third-order valence-corrected chi connectivity index (χ3v) is 2.93. The van der Waals surface area contributed by atoms with E-state index >= 15 is 0 Å². The highest BCUT2D eigenvalue weighted by molar-refractivity contribution is 6.31. The van der Waals surface area contributed by atoms with Crippen LogP contribution in [-0.4, -0.2) is 29.0 Å². The molecule has 0 aliphatic rings. The van der Waals surface area contributed by atoms with E-state index < -0.39 is 5.91 Å². The molecule has 1 rings (SSSR count). The molecule has 0 saturated carbocycles. The lowest BCUT2D eigenvalue weighted by Gasteiger charge is -2.23. The monoisotopic (exact) mass is 270 g/mol. The van der Waals surface area contributed by atoms with Gasteiger partial charge in [-0.3, -0.25) is 4.79 Å². The predicted molar refractivity (Wildman–Crippen MR) is 72.8 cm³/mol. The summed E-state index contributed by atoms with van der Waals surface area (Å²) in [5.41, 5.74) is 6.84. The molecule has 100 valence electrons. The smallest absolute Gasteiger partial charge is 0.237 e. The number of unbranched alkanes of at least 4 members (excludes halogenated alkanes) is 1. The van der Waals surface area contributed by atoms with Crippen molar-refractivity contribution in [3.8, 4) is 0 Å². The number of aryl methyl sites for hydroxylation is 2. The number of hydrogen-bond donors (Lipinski definition) is 1. The fraction of sp³-hybridized carbons (Fsp3) is 0.583. The van der Waals surface area contributed by atoms with Gasteiger partial charge in [0.25, 0.3) is 0 Å². The molecular weight excluding hydrogens is 252 g/mol. The zero-order valence-corrected chi connectivity index (χ0v) is 11.8. The Morgan fingerprint density at radius 2 is 1.94 bits per heavy atom. The number of hydrogen-bond acceptors (Lipinski definition) is 4. The van der Waals surface area contributed by atoms with E-state index in [4.69, 9.17) is 17.3 Å². The Hall–Kier alpha value is -1.36. The summed E-state index contributed by atoms with van der Waals surface area (Å²) in [4.78, 5) is 21.5. The molecule has 1 aromatic rings. The maximum absolute atomic E-state index is 11.1. The Kier molecular flexibility index (Phi) is 5.34. The number of nitrogens with zero attached hydrogens (tertiary/aromatic N) is 3. The number of primary amides is 1. The van der Waals surface area contributed by atoms with E-state index in [1.165, 1.54) is 0 Å². The highest BCUT2D eigenvalue weighted by Crippen LogP contribution is 2.22. The van der Waals surface area contributed by atoms with Crippen LogP contribution in [0.4, 0.5) is 5.82 Å². The molecule has 1 aromatic heterocycles. The molecule has 0 saturated heterocycles. The SMILES string of the molecule is CCCCN(CC(N)=O)c1nc(C)c(C)nc1Cl. The Balaban J connectivity index is 3.03. The molecule has 0 aliphatic heterocycles. The molecule has 2 N–H and O–H groups in total. The van der Waals surface area contributed by atoms with Crippen molar-refractivity contribution in [2.45, 2.75) is 33.6 Å². The molecule has 0 aliphatic carbocycles. The van der Waals surface area contributed by atoms with Crippen LogP contribution in [0, 0.1) is 13.8 Å². The van der Waals surface area contributed by atoms with Crippen molar-refractivity contribution in [3.63, 3.8) is 0 Å². The van der Waals surface area contributed by atoms with E-state index in [2.05, 4.69) is 16.9 Å². The molecule has 18 heavy (non-hydrogen) atoms. The van der Waals surface area contributed by atoms with Crippen molar-refractivity contribution in [1.82, 2.24) is 9.97 Å². The first-order valence-corrected chi connectivity index (χ1v) is 6.37. The van der Waals surface area contributed by atoms with Crippen molar-refractivity contribution in [2.75, 3.05) is 18.0 Å². The number of rotatable bonds is 6. The Labute approximate surface area is 112 Å². The average Bonchev–Trinajstić information content (AvgIpc) is 2.29. The van der Waals surface area contributed by atoms with Gasteiger partial charge in [-0.2, -0.15) is 0 Å². The van der Waals surface area contributed by atoms with Crippen LogP contribution in [0.25, 0.3) is 0 Å². The Morgan fingerprint density at radius 1 is 1.33 bits per heavy atom. The summed E-state index contributed by atoms with van der Waals surface area (Å²) in [6.07, 6.45) is 1.96. The molecule has 0 atom stereocenters. The molecule has 6 heteroatoms. The van der Waals surface area contributed by atoms with Crippen LogP contribution in [0.3, 0.4) is 0 Å². The van der Waals surface area contributed by atoms with Crippen molar-refractivity contribution in [3.05, 3.63) is 16.5 Å². The van der Waals surface area contributed by atoms with E-state index in [0.717, 1.165) is 24.2 Å². The first-order valence-electron chi connectivity index (χ1n) is 5.99. The molecule has 0 bridgehead atoms. The van der Waals surface area contributed by atoms with Gasteiger partial charge in [-0.1, -0.05) is 24.9 Å². The average molecular weight is 271 g/mol. The van der Waals surface area contributed by atoms with Crippen molar-refractivity contribution in [1.29, 1.82) is 0 Å². The van der Waals surface area contributed by atoms with Crippen molar-refractivity contribution in [2.24, 2.45) is 5.73 Å². The lowest BCUT2D eigenvalue weighted by Crippen LogP contribution is -2.35. The lowest BCUT2D eigenvalue weighted by atomic mass is 10.3. The first kappa shape index (κ1) is 14.7. The Bertz CT molecular complexity index is 436. The molecule has 0 radical (unpaired) electrons. The van der Waals surface area contributed by atoms with Gasteiger partial charge in [0.1, 0.15) is 0 Å². The largest absolute Gasteiger partial charge is 0.368 e. The third-order valence-electron chi connectivity index (χ3n) is 2.68. The maximum atomic E-state index is 11.1. The number of nitrogens with two attached hydrogens (primary N) is 1. The number of aromatic nitrogens is 2. The van der Waals surface area contributed by atoms with Crippen molar-refractivity contribution >= 4 is 23.3 Å². The number of amides is 1. The second-order valence-electron chi connectivity index (χ2n) is 4.25. The van der Waals surface area contributed by atoms with E-state index in [-0.39, 0.29) is 6.54 Å². The Morgan fingerprint density at radius 3 is 2.50 bits per heavy atom. The van der Waals surface area contributed by atoms with Gasteiger partial charge in [-0.15, -0.1) is 0 Å². The van der Waals surface area contributed by atoms with E-state index in [1.54, 1.807) is 4.90 Å². The van der Waals surface area contributed by atoms with Crippen LogP contribution in [0.2, 0.25) is 5.15 Å². The summed E-state index contributed by atoms with van der Waals surface area (Å²) in [6, 6.07) is 0. The van der Waals surface area contributed by atoms with Crippen LogP contribution in [0.1, 0.15) is 31.2 Å². The summed E-state index contributed by atoms with van der Waals surface area (Å²) >= 11 is 6.09. The van der Waals surface area contributed by atoms with Crippen LogP contribution < -0.4 is 10.6 Å². The number of halogens is 1. The minimum Gasteiger partial charge on any atom is -0.368 e. The zero-order chi connectivity index (χ0) is 13.7. The molecule has 0 spiro atoms. The summed E-state index contributed by atoms with van der Waals surface area (Å²) in [5, 5.41) is 0.315. The van der Waals surface area contributed by atoms with Gasteiger partial charge in [-0.25, -0.2) is 9.97 Å². The summed E-state index contributed by atoms with van der Waals surface area (Å²) in [6.45, 7) is 6.59. The molecule has 5 nitrogen and oxygen atoms in total. The van der Waals surface area contributed by atoms with Gasteiger partial charge < -0.3 is 10.6 Å². The zero-order valence-electron chi connectivity index (χ0n) is 11.0. The van der Waals surface area contributed by atoms with Crippen LogP contribution in [0.15, 0.2) is 0 Å².